The van der Waals surface area contributed by atoms with Gasteiger partial charge in [-0.05, 0) is 70.6 Å². The van der Waals surface area contributed by atoms with Gasteiger partial charge < -0.3 is 4.98 Å². The van der Waals surface area contributed by atoms with Gasteiger partial charge in [-0.2, -0.15) is 0 Å². The molecule has 0 saturated heterocycles. The smallest absolute Gasteiger partial charge is 0.164 e. The molecule has 0 saturated carbocycles. The molecule has 0 aliphatic rings. The quantitative estimate of drug-likeness (QED) is 0.197. The Morgan fingerprint density at radius 2 is 0.760 bits per heavy atom. The van der Waals surface area contributed by atoms with Crippen LogP contribution in [0.1, 0.15) is 5.56 Å². The number of aromatic nitrogens is 4. The third-order valence-corrected chi connectivity index (χ3v) is 9.36. The molecule has 1 N–H and O–H groups in total. The number of hydrogen-bond acceptors (Lipinski definition) is 3. The van der Waals surface area contributed by atoms with Gasteiger partial charge >= 0.3 is 0 Å². The minimum Gasteiger partial charge on any atom is -0.354 e. The Hall–Kier alpha value is -6.65. The zero-order chi connectivity index (χ0) is 33.4. The molecular weight excluding hydrogens is 609 g/mol. The molecule has 50 heavy (non-hydrogen) atoms. The number of fused-ring (bicyclic) bond motifs is 3. The number of rotatable bonds is 6. The molecule has 9 aromatic rings. The van der Waals surface area contributed by atoms with E-state index in [-0.39, 0.29) is 0 Å². The van der Waals surface area contributed by atoms with Crippen molar-refractivity contribution >= 4 is 21.8 Å². The van der Waals surface area contributed by atoms with Crippen LogP contribution in [0.15, 0.2) is 170 Å². The Kier molecular flexibility index (Phi) is 7.33. The number of H-pyrrole nitrogens is 1. The van der Waals surface area contributed by atoms with Crippen LogP contribution in [0.4, 0.5) is 0 Å². The van der Waals surface area contributed by atoms with Gasteiger partial charge in [-0.3, -0.25) is 0 Å². The maximum atomic E-state index is 5.02. The van der Waals surface area contributed by atoms with Gasteiger partial charge in [-0.1, -0.05) is 140 Å². The Morgan fingerprint density at radius 3 is 1.30 bits per heavy atom. The second kappa shape index (κ2) is 12.4. The first-order valence-electron chi connectivity index (χ1n) is 16.9. The molecule has 0 aliphatic heterocycles. The van der Waals surface area contributed by atoms with Gasteiger partial charge in [0.15, 0.2) is 17.5 Å². The average Bonchev–Trinajstić information content (AvgIpc) is 3.58. The van der Waals surface area contributed by atoms with Crippen LogP contribution < -0.4 is 0 Å². The molecule has 2 heterocycles. The van der Waals surface area contributed by atoms with Crippen LogP contribution in [0, 0.1) is 6.92 Å². The lowest BCUT2D eigenvalue weighted by Gasteiger charge is -2.12. The molecule has 0 atom stereocenters. The molecule has 2 aromatic heterocycles. The van der Waals surface area contributed by atoms with Crippen molar-refractivity contribution in [3.05, 3.63) is 175 Å². The fourth-order valence-corrected chi connectivity index (χ4v) is 6.87. The summed E-state index contributed by atoms with van der Waals surface area (Å²) in [5.74, 6) is 1.93. The molecular formula is C46H32N4. The maximum absolute atomic E-state index is 5.02. The molecule has 236 valence electrons. The summed E-state index contributed by atoms with van der Waals surface area (Å²) in [7, 11) is 0. The first-order chi connectivity index (χ1) is 24.7. The van der Waals surface area contributed by atoms with E-state index in [0.29, 0.717) is 17.5 Å². The van der Waals surface area contributed by atoms with Gasteiger partial charge in [0.25, 0.3) is 0 Å². The molecule has 0 spiro atoms. The number of aryl methyl sites for hydroxylation is 1. The lowest BCUT2D eigenvalue weighted by molar-refractivity contribution is 1.07. The summed E-state index contributed by atoms with van der Waals surface area (Å²) in [4.78, 5) is 18.8. The van der Waals surface area contributed by atoms with E-state index in [1.165, 1.54) is 38.6 Å². The largest absolute Gasteiger partial charge is 0.354 e. The van der Waals surface area contributed by atoms with E-state index in [1.807, 2.05) is 60.7 Å². The third kappa shape index (κ3) is 5.43. The Bertz CT molecular complexity index is 2570. The van der Waals surface area contributed by atoms with Gasteiger partial charge in [0.1, 0.15) is 0 Å². The lowest BCUT2D eigenvalue weighted by atomic mass is 9.94. The SMILES string of the molecule is Cc1cc(-c2ccccc2)cc2c1[nH]c1c(-c3cccc(-c4nc(-c5ccccc5)nc(-c5ccccc5)n4)c3)cc(-c3ccccc3)cc12. The molecule has 0 amide bonds. The van der Waals surface area contributed by atoms with Gasteiger partial charge in [0.2, 0.25) is 0 Å². The molecule has 9 rings (SSSR count). The molecule has 0 unspecified atom stereocenters. The summed E-state index contributed by atoms with van der Waals surface area (Å²) in [5, 5.41) is 2.41. The van der Waals surface area contributed by atoms with E-state index in [2.05, 4.69) is 121 Å². The van der Waals surface area contributed by atoms with Crippen LogP contribution in [-0.4, -0.2) is 19.9 Å². The normalized spacial score (nSPS) is 11.3. The third-order valence-electron chi connectivity index (χ3n) is 9.36. The van der Waals surface area contributed by atoms with Crippen LogP contribution in [0.3, 0.4) is 0 Å². The van der Waals surface area contributed by atoms with Crippen molar-refractivity contribution < 1.29 is 0 Å². The molecule has 4 heteroatoms. The number of nitrogens with zero attached hydrogens (tertiary/aromatic N) is 3. The van der Waals surface area contributed by atoms with E-state index >= 15 is 0 Å². The topological polar surface area (TPSA) is 54.5 Å². The molecule has 0 aliphatic carbocycles. The van der Waals surface area contributed by atoms with E-state index in [0.717, 1.165) is 38.9 Å². The van der Waals surface area contributed by atoms with Crippen molar-refractivity contribution in [1.29, 1.82) is 0 Å². The first-order valence-corrected chi connectivity index (χ1v) is 16.9. The number of benzene rings is 7. The fraction of sp³-hybridized carbons (Fsp3) is 0.0217. The van der Waals surface area contributed by atoms with E-state index in [1.54, 1.807) is 0 Å². The monoisotopic (exact) mass is 640 g/mol. The van der Waals surface area contributed by atoms with Crippen LogP contribution in [-0.2, 0) is 0 Å². The highest BCUT2D eigenvalue weighted by atomic mass is 15.0. The fourth-order valence-electron chi connectivity index (χ4n) is 6.87. The van der Waals surface area contributed by atoms with E-state index < -0.39 is 0 Å². The van der Waals surface area contributed by atoms with Crippen molar-refractivity contribution in [3.63, 3.8) is 0 Å². The molecule has 7 aromatic carbocycles. The van der Waals surface area contributed by atoms with Gasteiger partial charge in [0, 0.05) is 38.5 Å². The highest BCUT2D eigenvalue weighted by Crippen LogP contribution is 2.40. The van der Waals surface area contributed by atoms with E-state index in [4.69, 9.17) is 15.0 Å². The van der Waals surface area contributed by atoms with Gasteiger partial charge in [-0.25, -0.2) is 15.0 Å². The highest BCUT2D eigenvalue weighted by Gasteiger charge is 2.17. The first kappa shape index (κ1) is 29.5. The van der Waals surface area contributed by atoms with Crippen LogP contribution in [0.5, 0.6) is 0 Å². The minimum atomic E-state index is 0.634. The average molecular weight is 641 g/mol. The summed E-state index contributed by atoms with van der Waals surface area (Å²) in [6.07, 6.45) is 0. The number of hydrogen-bond donors (Lipinski definition) is 1. The van der Waals surface area contributed by atoms with Gasteiger partial charge in [0.05, 0.1) is 5.52 Å². The zero-order valence-corrected chi connectivity index (χ0v) is 27.5. The Labute approximate surface area is 290 Å². The zero-order valence-electron chi connectivity index (χ0n) is 27.5. The standard InChI is InChI=1S/C46H32N4/c1-30-25-37(31-15-6-2-7-16-31)28-40-41-29-38(32-17-8-3-9-18-32)27-39(43(41)47-42(30)40)35-23-14-24-36(26-35)46-49-44(33-19-10-4-11-20-33)48-45(50-46)34-21-12-5-13-22-34/h2-29,47H,1H3. The van der Waals surface area contributed by atoms with Crippen molar-refractivity contribution in [3.8, 4) is 67.5 Å². The van der Waals surface area contributed by atoms with Crippen LogP contribution in [0.25, 0.3) is 89.4 Å². The molecule has 0 radical (unpaired) electrons. The van der Waals surface area contributed by atoms with Crippen molar-refractivity contribution in [2.75, 3.05) is 0 Å². The second-order valence-electron chi connectivity index (χ2n) is 12.6. The lowest BCUT2D eigenvalue weighted by Crippen LogP contribution is -2.00. The highest BCUT2D eigenvalue weighted by molar-refractivity contribution is 6.15. The Balaban J connectivity index is 1.26. The summed E-state index contributed by atoms with van der Waals surface area (Å²) in [6.45, 7) is 2.19. The number of aromatic amines is 1. The Morgan fingerprint density at radius 1 is 0.340 bits per heavy atom. The van der Waals surface area contributed by atoms with Crippen molar-refractivity contribution in [2.45, 2.75) is 6.92 Å². The summed E-state index contributed by atoms with van der Waals surface area (Å²) < 4.78 is 0. The predicted octanol–water partition coefficient (Wildman–Crippen LogP) is 11.8. The molecule has 4 nitrogen and oxygen atoms in total. The van der Waals surface area contributed by atoms with Crippen molar-refractivity contribution in [1.82, 2.24) is 19.9 Å². The minimum absolute atomic E-state index is 0.634. The predicted molar refractivity (Wildman–Crippen MR) is 207 cm³/mol. The summed E-state index contributed by atoms with van der Waals surface area (Å²) >= 11 is 0. The number of nitrogens with one attached hydrogen (secondary N) is 1. The van der Waals surface area contributed by atoms with Crippen LogP contribution >= 0.6 is 0 Å². The van der Waals surface area contributed by atoms with Crippen LogP contribution in [0.2, 0.25) is 0 Å². The molecule has 0 fully saturated rings. The summed E-state index contributed by atoms with van der Waals surface area (Å²) in [6, 6.07) is 59.2. The van der Waals surface area contributed by atoms with Gasteiger partial charge in [-0.15, -0.1) is 0 Å². The maximum Gasteiger partial charge on any atom is 0.164 e. The molecule has 0 bridgehead atoms. The van der Waals surface area contributed by atoms with E-state index in [9.17, 15) is 0 Å². The second-order valence-corrected chi connectivity index (χ2v) is 12.6. The van der Waals surface area contributed by atoms with Crippen molar-refractivity contribution in [2.24, 2.45) is 0 Å². The summed E-state index contributed by atoms with van der Waals surface area (Å²) in [5.41, 5.74) is 13.3.